The van der Waals surface area contributed by atoms with Crippen LogP contribution in [0.3, 0.4) is 0 Å². The highest BCUT2D eigenvalue weighted by atomic mass is 16.5. The number of carbonyl (C=O) groups is 1. The van der Waals surface area contributed by atoms with Crippen molar-refractivity contribution in [3.63, 3.8) is 0 Å². The second kappa shape index (κ2) is 8.23. The Hall–Kier alpha value is -2.18. The Labute approximate surface area is 161 Å². The number of hydrogen-bond donors (Lipinski definition) is 1. The molecule has 1 aromatic carbocycles. The van der Waals surface area contributed by atoms with Crippen molar-refractivity contribution in [2.24, 2.45) is 0 Å². The lowest BCUT2D eigenvalue weighted by Crippen LogP contribution is -2.52. The number of nitrogens with one attached hydrogen (secondary N) is 1. The molecule has 3 rings (SSSR count). The number of anilines is 1. The van der Waals surface area contributed by atoms with Gasteiger partial charge in [0.15, 0.2) is 0 Å². The van der Waals surface area contributed by atoms with E-state index in [1.807, 2.05) is 33.8 Å². The largest absolute Gasteiger partial charge is 0.361 e. The molecule has 0 bridgehead atoms. The summed E-state index contributed by atoms with van der Waals surface area (Å²) in [6.45, 7) is 14.5. The molecular weight excluding hydrogens is 340 g/mol. The average molecular weight is 370 g/mol. The van der Waals surface area contributed by atoms with Crippen molar-refractivity contribution in [2.45, 2.75) is 47.2 Å². The lowest BCUT2D eigenvalue weighted by atomic mass is 10.0. The molecule has 0 radical (unpaired) electrons. The molecule has 146 valence electrons. The molecule has 1 amide bonds. The van der Waals surface area contributed by atoms with Crippen LogP contribution in [0.5, 0.6) is 0 Å². The highest BCUT2D eigenvalue weighted by molar-refractivity contribution is 5.96. The fourth-order valence-electron chi connectivity index (χ4n) is 3.80. The van der Waals surface area contributed by atoms with Gasteiger partial charge in [0, 0.05) is 44.5 Å². The first-order valence-corrected chi connectivity index (χ1v) is 9.61. The predicted molar refractivity (Wildman–Crippen MR) is 107 cm³/mol. The number of amides is 1. The van der Waals surface area contributed by atoms with Crippen molar-refractivity contribution in [1.29, 1.82) is 0 Å². The summed E-state index contributed by atoms with van der Waals surface area (Å²) in [6, 6.07) is 6.05. The summed E-state index contributed by atoms with van der Waals surface area (Å²) in [5.74, 6) is 0.904. The topological polar surface area (TPSA) is 61.6 Å². The Kier molecular flexibility index (Phi) is 5.97. The summed E-state index contributed by atoms with van der Waals surface area (Å²) in [7, 11) is 0. The highest BCUT2D eigenvalue weighted by Crippen LogP contribution is 2.22. The Balaban J connectivity index is 1.54. The van der Waals surface area contributed by atoms with Crippen molar-refractivity contribution < 1.29 is 9.32 Å². The molecule has 2 heterocycles. The predicted octanol–water partition coefficient (Wildman–Crippen LogP) is 3.05. The van der Waals surface area contributed by atoms with Crippen LogP contribution in [-0.4, -0.2) is 53.1 Å². The van der Waals surface area contributed by atoms with Gasteiger partial charge >= 0.3 is 0 Å². The minimum atomic E-state index is -0.151. The maximum absolute atomic E-state index is 12.8. The maximum atomic E-state index is 12.8. The second-order valence-corrected chi connectivity index (χ2v) is 7.68. The molecule has 1 aromatic heterocycles. The van der Waals surface area contributed by atoms with E-state index >= 15 is 0 Å². The highest BCUT2D eigenvalue weighted by Gasteiger charge is 2.26. The van der Waals surface area contributed by atoms with Crippen LogP contribution in [-0.2, 0) is 11.3 Å². The first-order valence-electron chi connectivity index (χ1n) is 9.61. The SMILES string of the molecule is Cc1cc(C)c(NC(=O)[C@H](C)N2CCN(Cc3cc(C)on3)CC2)c(C)c1. The van der Waals surface area contributed by atoms with Crippen molar-refractivity contribution >= 4 is 11.6 Å². The fraction of sp³-hybridized carbons (Fsp3) is 0.524. The molecule has 6 nitrogen and oxygen atoms in total. The Morgan fingerprint density at radius 2 is 1.74 bits per heavy atom. The summed E-state index contributed by atoms with van der Waals surface area (Å²) >= 11 is 0. The standard InChI is InChI=1S/C21H30N4O2/c1-14-10-15(2)20(16(3)11-14)22-21(26)18(5)25-8-6-24(7-9-25)13-19-12-17(4)27-23-19/h10-12,18H,6-9,13H2,1-5H3,(H,22,26)/t18-/m0/s1. The Bertz CT molecular complexity index is 783. The minimum absolute atomic E-state index is 0.0608. The molecule has 2 aromatic rings. The lowest BCUT2D eigenvalue weighted by molar-refractivity contribution is -0.121. The maximum Gasteiger partial charge on any atom is 0.241 e. The summed E-state index contributed by atoms with van der Waals surface area (Å²) in [6.07, 6.45) is 0. The summed E-state index contributed by atoms with van der Waals surface area (Å²) in [5, 5.41) is 7.21. The van der Waals surface area contributed by atoms with E-state index in [1.54, 1.807) is 0 Å². The van der Waals surface area contributed by atoms with Gasteiger partial charge in [0.2, 0.25) is 5.91 Å². The number of aromatic nitrogens is 1. The zero-order chi connectivity index (χ0) is 19.6. The van der Waals surface area contributed by atoms with Crippen LogP contribution in [0.2, 0.25) is 0 Å². The number of aryl methyl sites for hydroxylation is 4. The van der Waals surface area contributed by atoms with Crippen LogP contribution in [0.15, 0.2) is 22.7 Å². The van der Waals surface area contributed by atoms with E-state index in [2.05, 4.69) is 39.3 Å². The van der Waals surface area contributed by atoms with E-state index in [1.165, 1.54) is 5.56 Å². The van der Waals surface area contributed by atoms with Crippen molar-refractivity contribution in [1.82, 2.24) is 15.0 Å². The van der Waals surface area contributed by atoms with Crippen LogP contribution in [0.25, 0.3) is 0 Å². The van der Waals surface area contributed by atoms with Crippen LogP contribution in [0, 0.1) is 27.7 Å². The van der Waals surface area contributed by atoms with E-state index in [9.17, 15) is 4.79 Å². The van der Waals surface area contributed by atoms with Gasteiger partial charge in [0.05, 0.1) is 11.7 Å². The van der Waals surface area contributed by atoms with Crippen LogP contribution < -0.4 is 5.32 Å². The third-order valence-corrected chi connectivity index (χ3v) is 5.32. The van der Waals surface area contributed by atoms with Crippen LogP contribution >= 0.6 is 0 Å². The van der Waals surface area contributed by atoms with Gasteiger partial charge in [0.1, 0.15) is 5.76 Å². The van der Waals surface area contributed by atoms with Gasteiger partial charge in [-0.05, 0) is 45.7 Å². The molecule has 0 saturated carbocycles. The molecule has 1 N–H and O–H groups in total. The fourth-order valence-corrected chi connectivity index (χ4v) is 3.80. The summed E-state index contributed by atoms with van der Waals surface area (Å²) < 4.78 is 5.14. The smallest absolute Gasteiger partial charge is 0.241 e. The van der Waals surface area contributed by atoms with E-state index in [-0.39, 0.29) is 11.9 Å². The summed E-state index contributed by atoms with van der Waals surface area (Å²) in [5.41, 5.74) is 5.35. The summed E-state index contributed by atoms with van der Waals surface area (Å²) in [4.78, 5) is 17.4. The van der Waals surface area contributed by atoms with E-state index < -0.39 is 0 Å². The molecule has 1 atom stereocenters. The molecule has 1 aliphatic rings. The molecule has 0 unspecified atom stereocenters. The number of benzene rings is 1. The molecule has 1 saturated heterocycles. The minimum Gasteiger partial charge on any atom is -0.361 e. The molecule has 1 aliphatic heterocycles. The molecule has 0 spiro atoms. The third kappa shape index (κ3) is 4.76. The average Bonchev–Trinajstić information content (AvgIpc) is 3.02. The monoisotopic (exact) mass is 370 g/mol. The molecular formula is C21H30N4O2. The second-order valence-electron chi connectivity index (χ2n) is 7.68. The van der Waals surface area contributed by atoms with Gasteiger partial charge in [-0.3, -0.25) is 14.6 Å². The number of rotatable bonds is 5. The zero-order valence-corrected chi connectivity index (χ0v) is 17.0. The Morgan fingerprint density at radius 3 is 2.30 bits per heavy atom. The first kappa shape index (κ1) is 19.6. The van der Waals surface area contributed by atoms with Crippen molar-refractivity contribution in [2.75, 3.05) is 31.5 Å². The van der Waals surface area contributed by atoms with Gasteiger partial charge in [-0.2, -0.15) is 0 Å². The molecule has 0 aliphatic carbocycles. The van der Waals surface area contributed by atoms with Gasteiger partial charge in [-0.1, -0.05) is 22.9 Å². The first-order chi connectivity index (χ1) is 12.8. The number of hydrogen-bond acceptors (Lipinski definition) is 5. The normalized spacial score (nSPS) is 17.1. The van der Waals surface area contributed by atoms with E-state index in [4.69, 9.17) is 4.52 Å². The van der Waals surface area contributed by atoms with Gasteiger partial charge in [-0.15, -0.1) is 0 Å². The van der Waals surface area contributed by atoms with Gasteiger partial charge < -0.3 is 9.84 Å². The van der Waals surface area contributed by atoms with E-state index in [0.717, 1.165) is 61.0 Å². The number of carbonyl (C=O) groups excluding carboxylic acids is 1. The number of piperazine rings is 1. The Morgan fingerprint density at radius 1 is 1.11 bits per heavy atom. The molecule has 27 heavy (non-hydrogen) atoms. The van der Waals surface area contributed by atoms with Gasteiger partial charge in [0.25, 0.3) is 0 Å². The van der Waals surface area contributed by atoms with Crippen molar-refractivity contribution in [3.05, 3.63) is 46.3 Å². The van der Waals surface area contributed by atoms with Gasteiger partial charge in [-0.25, -0.2) is 0 Å². The lowest BCUT2D eigenvalue weighted by Gasteiger charge is -2.37. The number of nitrogens with zero attached hydrogens (tertiary/aromatic N) is 3. The third-order valence-electron chi connectivity index (χ3n) is 5.32. The molecule has 6 heteroatoms. The van der Waals surface area contributed by atoms with Crippen molar-refractivity contribution in [3.8, 4) is 0 Å². The van der Waals surface area contributed by atoms with Crippen LogP contribution in [0.4, 0.5) is 5.69 Å². The quantitative estimate of drug-likeness (QED) is 0.876. The zero-order valence-electron chi connectivity index (χ0n) is 17.0. The van der Waals surface area contributed by atoms with E-state index in [0.29, 0.717) is 0 Å². The van der Waals surface area contributed by atoms with Crippen LogP contribution in [0.1, 0.15) is 35.1 Å². The molecule has 1 fully saturated rings.